The molecule has 0 radical (unpaired) electrons. The second-order valence-electron chi connectivity index (χ2n) is 8.14. The number of guanidine groups is 1. The molecule has 3 rings (SSSR count). The Balaban J connectivity index is 1.58. The minimum absolute atomic E-state index is 0.101. The molecule has 140 valence electrons. The summed E-state index contributed by atoms with van der Waals surface area (Å²) in [6, 6.07) is 4.37. The summed E-state index contributed by atoms with van der Waals surface area (Å²) in [5, 5.41) is 5.68. The number of hydrogen-bond donors (Lipinski definition) is 1. The molecule has 0 aromatic carbocycles. The van der Waals surface area contributed by atoms with Crippen LogP contribution in [-0.4, -0.2) is 61.6 Å². The molecule has 0 amide bonds. The minimum atomic E-state index is 0.101. The van der Waals surface area contributed by atoms with E-state index in [1.807, 2.05) is 11.3 Å². The summed E-state index contributed by atoms with van der Waals surface area (Å²) < 4.78 is 0. The summed E-state index contributed by atoms with van der Waals surface area (Å²) in [6.45, 7) is 14.7. The van der Waals surface area contributed by atoms with E-state index in [-0.39, 0.29) is 5.41 Å². The first-order valence-electron chi connectivity index (χ1n) is 9.88. The predicted molar refractivity (Wildman–Crippen MR) is 109 cm³/mol. The first-order valence-corrected chi connectivity index (χ1v) is 10.8. The van der Waals surface area contributed by atoms with Crippen molar-refractivity contribution in [1.82, 2.24) is 15.1 Å². The maximum absolute atomic E-state index is 5.01. The molecule has 2 aliphatic heterocycles. The molecule has 1 aromatic heterocycles. The van der Waals surface area contributed by atoms with Gasteiger partial charge in [0.25, 0.3) is 0 Å². The first-order chi connectivity index (χ1) is 12.1. The fourth-order valence-corrected chi connectivity index (χ4v) is 4.79. The molecule has 1 N–H and O–H groups in total. The highest BCUT2D eigenvalue weighted by molar-refractivity contribution is 7.10. The van der Waals surface area contributed by atoms with Crippen molar-refractivity contribution in [2.45, 2.75) is 45.4 Å². The lowest BCUT2D eigenvalue weighted by molar-refractivity contribution is 0.281. The van der Waals surface area contributed by atoms with Gasteiger partial charge in [-0.2, -0.15) is 0 Å². The number of hydrogen-bond acceptors (Lipinski definition) is 3. The van der Waals surface area contributed by atoms with Gasteiger partial charge in [0.15, 0.2) is 5.96 Å². The van der Waals surface area contributed by atoms with E-state index in [1.165, 1.54) is 43.8 Å². The Morgan fingerprint density at radius 2 is 2.12 bits per heavy atom. The molecule has 0 bridgehead atoms. The fourth-order valence-electron chi connectivity index (χ4n) is 3.94. The summed E-state index contributed by atoms with van der Waals surface area (Å²) in [6.07, 6.45) is 4.08. The summed E-state index contributed by atoms with van der Waals surface area (Å²) >= 11 is 1.84. The van der Waals surface area contributed by atoms with Crippen LogP contribution in [0.1, 0.15) is 44.9 Å². The molecule has 0 saturated carbocycles. The van der Waals surface area contributed by atoms with E-state index in [4.69, 9.17) is 4.99 Å². The Labute approximate surface area is 157 Å². The van der Waals surface area contributed by atoms with Crippen LogP contribution in [-0.2, 0) is 5.41 Å². The highest BCUT2D eigenvalue weighted by atomic mass is 32.1. The Kier molecular flexibility index (Phi) is 6.39. The van der Waals surface area contributed by atoms with E-state index in [2.05, 4.69) is 53.4 Å². The van der Waals surface area contributed by atoms with Crippen LogP contribution in [0.4, 0.5) is 0 Å². The van der Waals surface area contributed by atoms with E-state index in [9.17, 15) is 0 Å². The first kappa shape index (κ1) is 18.7. The molecular weight excluding hydrogens is 328 g/mol. The number of thiophene rings is 1. The summed E-state index contributed by atoms with van der Waals surface area (Å²) in [5.74, 6) is 1.91. The highest BCUT2D eigenvalue weighted by Crippen LogP contribution is 2.28. The Hall–Kier alpha value is -1.07. The zero-order valence-corrected chi connectivity index (χ0v) is 16.9. The number of rotatable bonds is 6. The van der Waals surface area contributed by atoms with Crippen molar-refractivity contribution in [1.29, 1.82) is 0 Å². The van der Waals surface area contributed by atoms with Crippen LogP contribution in [0.25, 0.3) is 0 Å². The molecular formula is C20H34N4S. The van der Waals surface area contributed by atoms with Gasteiger partial charge in [-0.15, -0.1) is 11.3 Å². The summed E-state index contributed by atoms with van der Waals surface area (Å²) in [7, 11) is 0. The third-order valence-electron chi connectivity index (χ3n) is 5.45. The van der Waals surface area contributed by atoms with E-state index in [1.54, 1.807) is 0 Å². The van der Waals surface area contributed by atoms with Gasteiger partial charge in [0.1, 0.15) is 0 Å². The van der Waals surface area contributed by atoms with Crippen LogP contribution < -0.4 is 5.32 Å². The van der Waals surface area contributed by atoms with Crippen LogP contribution >= 0.6 is 11.3 Å². The normalized spacial score (nSPS) is 22.8. The van der Waals surface area contributed by atoms with Crippen molar-refractivity contribution in [3.63, 3.8) is 0 Å². The minimum Gasteiger partial charge on any atom is -0.357 e. The van der Waals surface area contributed by atoms with Crippen molar-refractivity contribution in [3.8, 4) is 0 Å². The SMILES string of the molecule is CCNC(=NCC(C)(C)c1cccs1)N1CCC(CN2CCCC2)C1. The lowest BCUT2D eigenvalue weighted by Crippen LogP contribution is -2.41. The molecule has 0 spiro atoms. The Morgan fingerprint density at radius 1 is 1.32 bits per heavy atom. The zero-order valence-electron chi connectivity index (χ0n) is 16.1. The van der Waals surface area contributed by atoms with Crippen LogP contribution in [0.2, 0.25) is 0 Å². The van der Waals surface area contributed by atoms with Crippen molar-refractivity contribution in [2.24, 2.45) is 10.9 Å². The molecule has 4 nitrogen and oxygen atoms in total. The third-order valence-corrected chi connectivity index (χ3v) is 6.68. The number of likely N-dealkylation sites (tertiary alicyclic amines) is 2. The molecule has 1 aromatic rings. The number of nitrogens with zero attached hydrogens (tertiary/aromatic N) is 3. The standard InChI is InChI=1S/C20H34N4S/c1-4-21-19(22-16-20(2,3)18-8-7-13-25-18)24-12-9-17(15-24)14-23-10-5-6-11-23/h7-8,13,17H,4-6,9-12,14-16H2,1-3H3,(H,21,22). The second-order valence-corrected chi connectivity index (χ2v) is 9.09. The van der Waals surface area contributed by atoms with E-state index in [0.717, 1.165) is 38.1 Å². The quantitative estimate of drug-likeness (QED) is 0.621. The molecule has 2 fully saturated rings. The van der Waals surface area contributed by atoms with Gasteiger partial charge in [-0.3, -0.25) is 4.99 Å². The van der Waals surface area contributed by atoms with Crippen molar-refractivity contribution < 1.29 is 0 Å². The molecule has 0 aliphatic carbocycles. The van der Waals surface area contributed by atoms with Gasteiger partial charge >= 0.3 is 0 Å². The topological polar surface area (TPSA) is 30.9 Å². The summed E-state index contributed by atoms with van der Waals surface area (Å²) in [4.78, 5) is 11.6. The summed E-state index contributed by atoms with van der Waals surface area (Å²) in [5.41, 5.74) is 0.101. The smallest absolute Gasteiger partial charge is 0.193 e. The number of aliphatic imine (C=N–C) groups is 1. The molecule has 1 atom stereocenters. The van der Waals surface area contributed by atoms with Crippen molar-refractivity contribution >= 4 is 17.3 Å². The molecule has 2 aliphatic rings. The molecule has 3 heterocycles. The predicted octanol–water partition coefficient (Wildman–Crippen LogP) is 3.41. The van der Waals surface area contributed by atoms with Crippen LogP contribution in [0, 0.1) is 5.92 Å². The zero-order chi connectivity index (χ0) is 17.7. The molecule has 1 unspecified atom stereocenters. The maximum atomic E-state index is 5.01. The monoisotopic (exact) mass is 362 g/mol. The van der Waals surface area contributed by atoms with Crippen molar-refractivity contribution in [2.75, 3.05) is 45.8 Å². The van der Waals surface area contributed by atoms with Gasteiger partial charge in [0, 0.05) is 36.5 Å². The van der Waals surface area contributed by atoms with Gasteiger partial charge in [-0.05, 0) is 56.6 Å². The van der Waals surface area contributed by atoms with Gasteiger partial charge < -0.3 is 15.1 Å². The number of nitrogens with one attached hydrogen (secondary N) is 1. The second kappa shape index (κ2) is 8.54. The van der Waals surface area contributed by atoms with E-state index < -0.39 is 0 Å². The molecule has 5 heteroatoms. The Bertz CT molecular complexity index is 546. The highest BCUT2D eigenvalue weighted by Gasteiger charge is 2.28. The van der Waals surface area contributed by atoms with E-state index >= 15 is 0 Å². The maximum Gasteiger partial charge on any atom is 0.193 e. The lowest BCUT2D eigenvalue weighted by Gasteiger charge is -2.26. The molecule has 2 saturated heterocycles. The average Bonchev–Trinajstić information content (AvgIpc) is 3.33. The fraction of sp³-hybridized carbons (Fsp3) is 0.750. The largest absolute Gasteiger partial charge is 0.357 e. The van der Waals surface area contributed by atoms with Gasteiger partial charge in [-0.1, -0.05) is 19.9 Å². The van der Waals surface area contributed by atoms with Crippen LogP contribution in [0.15, 0.2) is 22.5 Å². The van der Waals surface area contributed by atoms with Gasteiger partial charge in [0.2, 0.25) is 0 Å². The third kappa shape index (κ3) is 4.98. The van der Waals surface area contributed by atoms with E-state index in [0.29, 0.717) is 0 Å². The van der Waals surface area contributed by atoms with Crippen LogP contribution in [0.5, 0.6) is 0 Å². The van der Waals surface area contributed by atoms with Gasteiger partial charge in [0.05, 0.1) is 6.54 Å². The molecule has 25 heavy (non-hydrogen) atoms. The lowest BCUT2D eigenvalue weighted by atomic mass is 9.92. The van der Waals surface area contributed by atoms with Gasteiger partial charge in [-0.25, -0.2) is 0 Å². The average molecular weight is 363 g/mol. The van der Waals surface area contributed by atoms with Crippen molar-refractivity contribution in [3.05, 3.63) is 22.4 Å². The van der Waals surface area contributed by atoms with Crippen LogP contribution in [0.3, 0.4) is 0 Å². The Morgan fingerprint density at radius 3 is 2.80 bits per heavy atom.